The van der Waals surface area contributed by atoms with Gasteiger partial charge in [-0.1, -0.05) is 42.5 Å². The summed E-state index contributed by atoms with van der Waals surface area (Å²) in [6, 6.07) is 19.2. The normalized spacial score (nSPS) is 19.9. The number of rotatable bonds is 2. The number of hydrogen-bond donors (Lipinski definition) is 1. The number of benzene rings is 2. The van der Waals surface area contributed by atoms with Gasteiger partial charge in [-0.15, -0.1) is 0 Å². The third kappa shape index (κ3) is 2.29. The first-order valence-electron chi connectivity index (χ1n) is 9.07. The van der Waals surface area contributed by atoms with Crippen LogP contribution in [-0.2, 0) is 0 Å². The van der Waals surface area contributed by atoms with Crippen molar-refractivity contribution in [2.75, 3.05) is 18.2 Å². The van der Waals surface area contributed by atoms with E-state index in [1.807, 2.05) is 12.1 Å². The third-order valence-corrected chi connectivity index (χ3v) is 5.17. The van der Waals surface area contributed by atoms with Crippen molar-refractivity contribution in [3.05, 3.63) is 60.2 Å². The average Bonchev–Trinajstić information content (AvgIpc) is 3.07. The first-order valence-corrected chi connectivity index (χ1v) is 9.07. The molecular formula is C20H22N6. The predicted molar refractivity (Wildman–Crippen MR) is 104 cm³/mol. The highest BCUT2D eigenvalue weighted by Crippen LogP contribution is 2.33. The van der Waals surface area contributed by atoms with Crippen LogP contribution < -0.4 is 10.2 Å². The number of guanidine groups is 1. The molecule has 6 heteroatoms. The highest BCUT2D eigenvalue weighted by atomic mass is 15.5. The molecule has 132 valence electrons. The maximum atomic E-state index is 4.95. The van der Waals surface area contributed by atoms with E-state index >= 15 is 0 Å². The van der Waals surface area contributed by atoms with E-state index in [0.717, 1.165) is 29.6 Å². The van der Waals surface area contributed by atoms with Crippen molar-refractivity contribution < 1.29 is 0 Å². The zero-order valence-corrected chi connectivity index (χ0v) is 15.0. The van der Waals surface area contributed by atoms with Gasteiger partial charge in [0.25, 0.3) is 0 Å². The Bertz CT molecular complexity index is 974. The Morgan fingerprint density at radius 2 is 1.81 bits per heavy atom. The average molecular weight is 346 g/mol. The summed E-state index contributed by atoms with van der Waals surface area (Å²) in [6.07, 6.45) is -0.0146. The van der Waals surface area contributed by atoms with Crippen LogP contribution in [0.4, 0.5) is 5.95 Å². The van der Waals surface area contributed by atoms with Gasteiger partial charge in [0.2, 0.25) is 11.9 Å². The van der Waals surface area contributed by atoms with Crippen LogP contribution in [0.3, 0.4) is 0 Å². The van der Waals surface area contributed by atoms with Gasteiger partial charge in [-0.05, 0) is 31.5 Å². The lowest BCUT2D eigenvalue weighted by molar-refractivity contribution is 0.221. The van der Waals surface area contributed by atoms with Gasteiger partial charge < -0.3 is 5.32 Å². The van der Waals surface area contributed by atoms with Crippen molar-refractivity contribution in [1.29, 1.82) is 0 Å². The molecule has 26 heavy (non-hydrogen) atoms. The lowest BCUT2D eigenvalue weighted by Crippen LogP contribution is -2.58. The molecule has 0 radical (unpaired) electrons. The van der Waals surface area contributed by atoms with E-state index in [1.165, 1.54) is 5.56 Å². The molecule has 3 aromatic rings. The maximum absolute atomic E-state index is 4.95. The molecule has 0 saturated heterocycles. The van der Waals surface area contributed by atoms with E-state index in [2.05, 4.69) is 76.0 Å². The second kappa shape index (κ2) is 5.85. The van der Waals surface area contributed by atoms with Crippen LogP contribution in [0.25, 0.3) is 11.0 Å². The second-order valence-electron chi connectivity index (χ2n) is 7.10. The summed E-state index contributed by atoms with van der Waals surface area (Å²) in [7, 11) is 0. The number of fused-ring (bicyclic) bond motifs is 5. The Kier molecular flexibility index (Phi) is 3.46. The minimum atomic E-state index is -0.0146. The monoisotopic (exact) mass is 346 g/mol. The smallest absolute Gasteiger partial charge is 0.216 e. The number of aliphatic imine (C=N–C) groups is 1. The van der Waals surface area contributed by atoms with Crippen LogP contribution >= 0.6 is 0 Å². The van der Waals surface area contributed by atoms with E-state index in [0.29, 0.717) is 12.7 Å². The Morgan fingerprint density at radius 3 is 2.62 bits per heavy atom. The number of hydrogen-bond acceptors (Lipinski definition) is 5. The van der Waals surface area contributed by atoms with E-state index in [1.54, 1.807) is 0 Å². The summed E-state index contributed by atoms with van der Waals surface area (Å²) in [5, 5.41) is 3.64. The van der Waals surface area contributed by atoms with Crippen molar-refractivity contribution in [2.24, 2.45) is 4.99 Å². The first-order chi connectivity index (χ1) is 12.7. The van der Waals surface area contributed by atoms with Crippen LogP contribution in [0.1, 0.15) is 25.6 Å². The fourth-order valence-electron chi connectivity index (χ4n) is 3.68. The van der Waals surface area contributed by atoms with E-state index < -0.39 is 0 Å². The minimum Gasteiger partial charge on any atom is -0.331 e. The molecule has 2 aliphatic rings. The van der Waals surface area contributed by atoms with Gasteiger partial charge in [-0.2, -0.15) is 0 Å². The fraction of sp³-hybridized carbons (Fsp3) is 0.300. The predicted octanol–water partition coefficient (Wildman–Crippen LogP) is 2.99. The maximum Gasteiger partial charge on any atom is 0.216 e. The Labute approximate surface area is 152 Å². The Morgan fingerprint density at radius 1 is 1.04 bits per heavy atom. The molecule has 0 bridgehead atoms. The quantitative estimate of drug-likeness (QED) is 0.775. The SMILES string of the molecule is CC(C)N1CN=C2N[C@H](c3ccccc3)n3c(nc4ccccc43)N2C1. The van der Waals surface area contributed by atoms with E-state index in [4.69, 9.17) is 9.98 Å². The molecule has 3 heterocycles. The molecule has 2 aliphatic heterocycles. The number of nitrogens with zero attached hydrogens (tertiary/aromatic N) is 5. The summed E-state index contributed by atoms with van der Waals surface area (Å²) in [5.41, 5.74) is 3.34. The number of imidazole rings is 1. The summed E-state index contributed by atoms with van der Waals surface area (Å²) in [6.45, 7) is 5.90. The second-order valence-corrected chi connectivity index (χ2v) is 7.10. The molecule has 0 spiro atoms. The molecule has 1 atom stereocenters. The molecule has 5 rings (SSSR count). The highest BCUT2D eigenvalue weighted by molar-refractivity contribution is 5.98. The molecule has 0 saturated carbocycles. The minimum absolute atomic E-state index is 0.0146. The van der Waals surface area contributed by atoms with Crippen LogP contribution in [0.5, 0.6) is 0 Å². The van der Waals surface area contributed by atoms with Crippen molar-refractivity contribution in [2.45, 2.75) is 26.1 Å². The first kappa shape index (κ1) is 15.4. The summed E-state index contributed by atoms with van der Waals surface area (Å²) < 4.78 is 2.29. The lowest BCUT2D eigenvalue weighted by Gasteiger charge is -2.42. The highest BCUT2D eigenvalue weighted by Gasteiger charge is 2.36. The van der Waals surface area contributed by atoms with Crippen molar-refractivity contribution >= 4 is 22.9 Å². The number of nitrogens with one attached hydrogen (secondary N) is 1. The summed E-state index contributed by atoms with van der Waals surface area (Å²) >= 11 is 0. The molecule has 2 aromatic carbocycles. The van der Waals surface area contributed by atoms with E-state index in [-0.39, 0.29) is 6.17 Å². The molecule has 0 fully saturated rings. The molecule has 0 amide bonds. The Hall–Kier alpha value is -2.86. The summed E-state index contributed by atoms with van der Waals surface area (Å²) in [5.74, 6) is 1.85. The fourth-order valence-corrected chi connectivity index (χ4v) is 3.68. The van der Waals surface area contributed by atoms with Gasteiger partial charge in [0, 0.05) is 6.04 Å². The van der Waals surface area contributed by atoms with Gasteiger partial charge in [-0.3, -0.25) is 14.4 Å². The third-order valence-electron chi connectivity index (χ3n) is 5.17. The number of aromatic nitrogens is 2. The van der Waals surface area contributed by atoms with Crippen LogP contribution in [0, 0.1) is 0 Å². The standard InChI is InChI=1S/C20H22N6/c1-14(2)24-12-21-19-23-18(15-8-4-3-5-9-15)26-17-11-7-6-10-16(17)22-20(26)25(19)13-24/h3-11,14,18H,12-13H2,1-2H3,(H,21,23)/t18-/m0/s1. The number of anilines is 1. The van der Waals surface area contributed by atoms with Crippen LogP contribution in [-0.4, -0.2) is 39.8 Å². The molecule has 6 nitrogen and oxygen atoms in total. The molecule has 0 unspecified atom stereocenters. The topological polar surface area (TPSA) is 48.7 Å². The zero-order valence-electron chi connectivity index (χ0n) is 15.0. The van der Waals surface area contributed by atoms with Crippen molar-refractivity contribution in [3.8, 4) is 0 Å². The molecular weight excluding hydrogens is 324 g/mol. The van der Waals surface area contributed by atoms with Gasteiger partial charge in [0.1, 0.15) is 6.17 Å². The van der Waals surface area contributed by atoms with Crippen LogP contribution in [0.15, 0.2) is 59.6 Å². The molecule has 0 aliphatic carbocycles. The van der Waals surface area contributed by atoms with Gasteiger partial charge >= 0.3 is 0 Å². The molecule has 1 N–H and O–H groups in total. The van der Waals surface area contributed by atoms with E-state index in [9.17, 15) is 0 Å². The van der Waals surface area contributed by atoms with Gasteiger partial charge in [-0.25, -0.2) is 9.98 Å². The zero-order chi connectivity index (χ0) is 17.7. The molecule has 1 aromatic heterocycles. The van der Waals surface area contributed by atoms with Crippen LogP contribution in [0.2, 0.25) is 0 Å². The summed E-state index contributed by atoms with van der Waals surface area (Å²) in [4.78, 5) is 14.3. The lowest BCUT2D eigenvalue weighted by atomic mass is 10.1. The van der Waals surface area contributed by atoms with Gasteiger partial charge in [0.15, 0.2) is 0 Å². The Balaban J connectivity index is 1.70. The number of para-hydroxylation sites is 2. The largest absolute Gasteiger partial charge is 0.331 e. The van der Waals surface area contributed by atoms with Crippen molar-refractivity contribution in [3.63, 3.8) is 0 Å². The van der Waals surface area contributed by atoms with Crippen molar-refractivity contribution in [1.82, 2.24) is 19.8 Å². The van der Waals surface area contributed by atoms with Gasteiger partial charge in [0.05, 0.1) is 24.4 Å².